The summed E-state index contributed by atoms with van der Waals surface area (Å²) in [6.45, 7) is 12.0. The minimum atomic E-state index is -0.361. The molecule has 41 heavy (non-hydrogen) atoms. The van der Waals surface area contributed by atoms with Crippen molar-refractivity contribution in [1.29, 1.82) is 0 Å². The van der Waals surface area contributed by atoms with Crippen LogP contribution in [-0.4, -0.2) is 0 Å². The second kappa shape index (κ2) is 13.0. The van der Waals surface area contributed by atoms with Gasteiger partial charge in [0, 0.05) is 0 Å². The second-order valence-electron chi connectivity index (χ2n) is 11.4. The molecule has 0 unspecified atom stereocenters. The van der Waals surface area contributed by atoms with Crippen molar-refractivity contribution in [3.8, 4) is 11.1 Å². The van der Waals surface area contributed by atoms with E-state index in [0.29, 0.717) is 0 Å². The van der Waals surface area contributed by atoms with Crippen molar-refractivity contribution in [3.63, 3.8) is 0 Å². The summed E-state index contributed by atoms with van der Waals surface area (Å²) in [5.74, 6) is 0. The molecule has 0 amide bonds. The monoisotopic (exact) mass is 534 g/mol. The molecule has 206 valence electrons. The van der Waals surface area contributed by atoms with E-state index in [1.165, 1.54) is 55.6 Å². The zero-order valence-corrected chi connectivity index (χ0v) is 24.7. The van der Waals surface area contributed by atoms with Crippen LogP contribution in [0.5, 0.6) is 0 Å². The molecule has 4 aromatic rings. The van der Waals surface area contributed by atoms with Gasteiger partial charge in [0.2, 0.25) is 0 Å². The molecule has 0 bridgehead atoms. The van der Waals surface area contributed by atoms with E-state index in [-0.39, 0.29) is 5.41 Å². The van der Waals surface area contributed by atoms with Crippen LogP contribution in [-0.2, 0) is 18.3 Å². The highest BCUT2D eigenvalue weighted by atomic mass is 14.5. The van der Waals surface area contributed by atoms with E-state index < -0.39 is 0 Å². The van der Waals surface area contributed by atoms with Crippen LogP contribution >= 0.6 is 0 Å². The number of hydrogen-bond acceptors (Lipinski definition) is 0. The molecule has 4 aromatic carbocycles. The van der Waals surface area contributed by atoms with E-state index in [0.717, 1.165) is 38.5 Å². The van der Waals surface area contributed by atoms with E-state index in [1.54, 1.807) is 0 Å². The van der Waals surface area contributed by atoms with Crippen molar-refractivity contribution < 1.29 is 0 Å². The van der Waals surface area contributed by atoms with Gasteiger partial charge < -0.3 is 0 Å². The summed E-state index contributed by atoms with van der Waals surface area (Å²) in [4.78, 5) is 0. The van der Waals surface area contributed by atoms with Gasteiger partial charge in [-0.1, -0.05) is 146 Å². The van der Waals surface area contributed by atoms with Gasteiger partial charge in [0.15, 0.2) is 0 Å². The Balaban J connectivity index is 1.67. The third kappa shape index (κ3) is 5.84. The first-order valence-electron chi connectivity index (χ1n) is 15.0. The number of rotatable bonds is 12. The number of benzene rings is 4. The second-order valence-corrected chi connectivity index (χ2v) is 11.4. The van der Waals surface area contributed by atoms with Crippen LogP contribution in [0.15, 0.2) is 135 Å². The molecule has 0 heterocycles. The van der Waals surface area contributed by atoms with Crippen LogP contribution in [0, 0.1) is 13.8 Å². The van der Waals surface area contributed by atoms with Crippen molar-refractivity contribution >= 4 is 0 Å². The lowest BCUT2D eigenvalue weighted by Gasteiger charge is -2.35. The first-order chi connectivity index (χ1) is 20.1. The lowest BCUT2D eigenvalue weighted by Crippen LogP contribution is -2.29. The van der Waals surface area contributed by atoms with E-state index in [9.17, 15) is 0 Å². The highest BCUT2D eigenvalue weighted by Crippen LogP contribution is 2.56. The molecule has 0 saturated heterocycles. The predicted octanol–water partition coefficient (Wildman–Crippen LogP) is 10.8. The van der Waals surface area contributed by atoms with Crippen molar-refractivity contribution in [3.05, 3.63) is 179 Å². The van der Waals surface area contributed by atoms with E-state index in [4.69, 9.17) is 0 Å². The van der Waals surface area contributed by atoms with Crippen LogP contribution < -0.4 is 0 Å². The van der Waals surface area contributed by atoms with Gasteiger partial charge in [-0.15, -0.1) is 0 Å². The van der Waals surface area contributed by atoms with Crippen LogP contribution in [0.3, 0.4) is 0 Å². The molecule has 0 nitrogen and oxygen atoms in total. The standard InChI is InChI=1S/C41H42/c1-5-7-9-11-13-17-33-19-15-21-35(29-33)41(36-22-16-20-34(30-36)18-14-12-10-8-6-2)39-27-31(3)23-25-37(39)38-26-24-32(4)28-40(38)41/h5-10,15-16,19-30H,1-2,11-14,17-18H2,3-4H3/b9-7-,10-8+. The fourth-order valence-electron chi connectivity index (χ4n) is 6.49. The Kier molecular flexibility index (Phi) is 9.00. The van der Waals surface area contributed by atoms with Crippen molar-refractivity contribution in [2.24, 2.45) is 0 Å². The maximum Gasteiger partial charge on any atom is 0.0713 e. The highest BCUT2D eigenvalue weighted by Gasteiger charge is 2.46. The Morgan fingerprint density at radius 3 is 1.49 bits per heavy atom. The molecule has 1 aliphatic carbocycles. The molecule has 5 rings (SSSR count). The summed E-state index contributed by atoms with van der Waals surface area (Å²) < 4.78 is 0. The Labute approximate surface area is 247 Å². The van der Waals surface area contributed by atoms with Crippen LogP contribution in [0.1, 0.15) is 70.2 Å². The van der Waals surface area contributed by atoms with Gasteiger partial charge in [-0.05, 0) is 96.9 Å². The topological polar surface area (TPSA) is 0 Å². The molecule has 0 aliphatic heterocycles. The van der Waals surface area contributed by atoms with Gasteiger partial charge in [-0.25, -0.2) is 0 Å². The predicted molar refractivity (Wildman–Crippen MR) is 178 cm³/mol. The SMILES string of the molecule is C=C/C=C\CCCc1cccc(C2(c3cccc(CCC/C=C/C=C)c3)c3cc(C)ccc3-c3ccc(C)cc32)c1. The Bertz CT molecular complexity index is 1470. The molecule has 0 N–H and O–H groups in total. The van der Waals surface area contributed by atoms with Crippen molar-refractivity contribution in [2.75, 3.05) is 0 Å². The summed E-state index contributed by atoms with van der Waals surface area (Å²) in [6.07, 6.45) is 18.7. The smallest absolute Gasteiger partial charge is 0.0713 e. The molecule has 0 radical (unpaired) electrons. The molecule has 0 fully saturated rings. The number of aryl methyl sites for hydroxylation is 4. The molecule has 0 aromatic heterocycles. The summed E-state index contributed by atoms with van der Waals surface area (Å²) in [7, 11) is 0. The van der Waals surface area contributed by atoms with Crippen molar-refractivity contribution in [1.82, 2.24) is 0 Å². The van der Waals surface area contributed by atoms with E-state index in [2.05, 4.69) is 124 Å². The Hall–Kier alpha value is -4.16. The normalized spacial score (nSPS) is 13.4. The third-order valence-electron chi connectivity index (χ3n) is 8.39. The summed E-state index contributed by atoms with van der Waals surface area (Å²) in [5, 5.41) is 0. The number of allylic oxidation sites excluding steroid dienone is 6. The first-order valence-corrected chi connectivity index (χ1v) is 15.0. The largest absolute Gasteiger partial charge is 0.0991 e. The minimum absolute atomic E-state index is 0.361. The van der Waals surface area contributed by atoms with Crippen LogP contribution in [0.2, 0.25) is 0 Å². The highest BCUT2D eigenvalue weighted by molar-refractivity contribution is 5.86. The number of hydrogen-bond donors (Lipinski definition) is 0. The lowest BCUT2D eigenvalue weighted by molar-refractivity contribution is 0.755. The quantitative estimate of drug-likeness (QED) is 0.110. The first kappa shape index (κ1) is 28.4. The average molecular weight is 535 g/mol. The summed E-state index contributed by atoms with van der Waals surface area (Å²) in [5.41, 5.74) is 13.3. The molecule has 0 atom stereocenters. The summed E-state index contributed by atoms with van der Waals surface area (Å²) in [6, 6.07) is 32.9. The molecule has 0 saturated carbocycles. The van der Waals surface area contributed by atoms with Gasteiger partial charge in [-0.2, -0.15) is 0 Å². The fourth-order valence-corrected chi connectivity index (χ4v) is 6.49. The summed E-state index contributed by atoms with van der Waals surface area (Å²) >= 11 is 0. The number of unbranched alkanes of at least 4 members (excludes halogenated alkanes) is 2. The van der Waals surface area contributed by atoms with E-state index >= 15 is 0 Å². The number of fused-ring (bicyclic) bond motifs is 3. The van der Waals surface area contributed by atoms with Gasteiger partial charge in [-0.3, -0.25) is 0 Å². The maximum absolute atomic E-state index is 3.80. The van der Waals surface area contributed by atoms with Crippen LogP contribution in [0.4, 0.5) is 0 Å². The molecule has 1 aliphatic rings. The Morgan fingerprint density at radius 1 is 0.585 bits per heavy atom. The maximum atomic E-state index is 3.80. The Morgan fingerprint density at radius 2 is 1.05 bits per heavy atom. The third-order valence-corrected chi connectivity index (χ3v) is 8.39. The van der Waals surface area contributed by atoms with Gasteiger partial charge in [0.25, 0.3) is 0 Å². The zero-order valence-electron chi connectivity index (χ0n) is 24.7. The zero-order chi connectivity index (χ0) is 28.7. The van der Waals surface area contributed by atoms with Crippen LogP contribution in [0.25, 0.3) is 11.1 Å². The molecular formula is C41H42. The molecule has 0 heteroatoms. The van der Waals surface area contributed by atoms with Crippen molar-refractivity contribution in [2.45, 2.75) is 57.8 Å². The molecular weight excluding hydrogens is 492 g/mol. The van der Waals surface area contributed by atoms with E-state index in [1.807, 2.05) is 24.3 Å². The van der Waals surface area contributed by atoms with Gasteiger partial charge in [0.05, 0.1) is 5.41 Å². The minimum Gasteiger partial charge on any atom is -0.0991 e. The fraction of sp³-hybridized carbons (Fsp3) is 0.220. The average Bonchev–Trinajstić information content (AvgIpc) is 3.26. The van der Waals surface area contributed by atoms with Gasteiger partial charge >= 0.3 is 0 Å². The van der Waals surface area contributed by atoms with Gasteiger partial charge in [0.1, 0.15) is 0 Å². The molecule has 0 spiro atoms. The lowest BCUT2D eigenvalue weighted by atomic mass is 9.66.